The molecule has 0 aliphatic heterocycles. The van der Waals surface area contributed by atoms with Crippen LogP contribution >= 0.6 is 0 Å². The minimum absolute atomic E-state index is 0.269. The summed E-state index contributed by atoms with van der Waals surface area (Å²) in [6.45, 7) is 1.22. The van der Waals surface area contributed by atoms with Gasteiger partial charge in [-0.05, 0) is 36.4 Å². The molecule has 0 saturated heterocycles. The van der Waals surface area contributed by atoms with Crippen molar-refractivity contribution in [1.29, 1.82) is 0 Å². The summed E-state index contributed by atoms with van der Waals surface area (Å²) in [5.74, 6) is -1.28. The Morgan fingerprint density at radius 3 is 2.45 bits per heavy atom. The first-order valence-electron chi connectivity index (χ1n) is 6.15. The van der Waals surface area contributed by atoms with Crippen LogP contribution in [0.15, 0.2) is 42.7 Å². The first kappa shape index (κ1) is 14.1. The first-order chi connectivity index (χ1) is 9.54. The lowest BCUT2D eigenvalue weighted by Gasteiger charge is -2.16. The Balaban J connectivity index is 1.97. The molecule has 0 unspecified atom stereocenters. The molecule has 0 bridgehead atoms. The Morgan fingerprint density at radius 2 is 1.85 bits per heavy atom. The molecule has 0 fully saturated rings. The lowest BCUT2D eigenvalue weighted by atomic mass is 10.1. The quantitative estimate of drug-likeness (QED) is 0.910. The van der Waals surface area contributed by atoms with Gasteiger partial charge in [-0.25, -0.2) is 9.18 Å². The Morgan fingerprint density at radius 1 is 1.20 bits per heavy atom. The van der Waals surface area contributed by atoms with E-state index in [1.165, 1.54) is 12.3 Å². The van der Waals surface area contributed by atoms with Gasteiger partial charge in [0, 0.05) is 19.3 Å². The van der Waals surface area contributed by atoms with E-state index in [9.17, 15) is 9.18 Å². The highest BCUT2D eigenvalue weighted by Crippen LogP contribution is 2.10. The van der Waals surface area contributed by atoms with Crippen molar-refractivity contribution in [1.82, 2.24) is 9.88 Å². The zero-order valence-electron chi connectivity index (χ0n) is 11.1. The lowest BCUT2D eigenvalue weighted by Crippen LogP contribution is -2.17. The van der Waals surface area contributed by atoms with Gasteiger partial charge in [-0.1, -0.05) is 12.1 Å². The number of hydrogen-bond donors (Lipinski definition) is 1. The fraction of sp³-hybridized carbons (Fsp3) is 0.200. The number of halogens is 1. The molecule has 104 valence electrons. The first-order valence-corrected chi connectivity index (χ1v) is 6.15. The van der Waals surface area contributed by atoms with Gasteiger partial charge in [0.15, 0.2) is 0 Å². The summed E-state index contributed by atoms with van der Waals surface area (Å²) in [6.07, 6.45) is 2.81. The van der Waals surface area contributed by atoms with Gasteiger partial charge in [-0.2, -0.15) is 0 Å². The van der Waals surface area contributed by atoms with Gasteiger partial charge < -0.3 is 5.11 Å². The average Bonchev–Trinajstić information content (AvgIpc) is 2.39. The zero-order valence-corrected chi connectivity index (χ0v) is 11.1. The minimum Gasteiger partial charge on any atom is -0.478 e. The molecule has 5 heteroatoms. The van der Waals surface area contributed by atoms with Crippen molar-refractivity contribution in [2.75, 3.05) is 7.05 Å². The van der Waals surface area contributed by atoms with Crippen LogP contribution in [0.25, 0.3) is 0 Å². The third-order valence-corrected chi connectivity index (χ3v) is 2.87. The largest absolute Gasteiger partial charge is 0.478 e. The van der Waals surface area contributed by atoms with Crippen molar-refractivity contribution in [3.05, 3.63) is 65.2 Å². The molecule has 0 spiro atoms. The van der Waals surface area contributed by atoms with Crippen LogP contribution in [0, 0.1) is 5.82 Å². The molecular weight excluding hydrogens is 259 g/mol. The third kappa shape index (κ3) is 3.86. The monoisotopic (exact) mass is 274 g/mol. The molecule has 1 N–H and O–H groups in total. The second kappa shape index (κ2) is 6.25. The van der Waals surface area contributed by atoms with Crippen molar-refractivity contribution >= 4 is 5.97 Å². The normalized spacial score (nSPS) is 10.8. The van der Waals surface area contributed by atoms with Crippen LogP contribution in [-0.4, -0.2) is 28.0 Å². The van der Waals surface area contributed by atoms with Crippen molar-refractivity contribution in [3.8, 4) is 0 Å². The standard InChI is InChI=1S/C15H15FN2O2/c1-18(10-12-6-14(16)8-17-7-12)9-11-2-4-13(5-3-11)15(19)20/h2-8H,9-10H2,1H3,(H,19,20). The summed E-state index contributed by atoms with van der Waals surface area (Å²) in [5, 5.41) is 8.83. The van der Waals surface area contributed by atoms with Crippen LogP contribution in [0.5, 0.6) is 0 Å². The summed E-state index contributed by atoms with van der Waals surface area (Å²) < 4.78 is 13.0. The van der Waals surface area contributed by atoms with Gasteiger partial charge in [0.1, 0.15) is 5.82 Å². The molecule has 2 aromatic rings. The van der Waals surface area contributed by atoms with Crippen LogP contribution in [0.3, 0.4) is 0 Å². The number of carboxylic acids is 1. The Hall–Kier alpha value is -2.27. The minimum atomic E-state index is -0.935. The number of carbonyl (C=O) groups is 1. The molecule has 20 heavy (non-hydrogen) atoms. The summed E-state index contributed by atoms with van der Waals surface area (Å²) in [7, 11) is 1.91. The van der Waals surface area contributed by atoms with E-state index in [-0.39, 0.29) is 11.4 Å². The van der Waals surface area contributed by atoms with E-state index in [1.54, 1.807) is 30.5 Å². The average molecular weight is 274 g/mol. The fourth-order valence-corrected chi connectivity index (χ4v) is 1.97. The molecule has 1 aromatic carbocycles. The van der Waals surface area contributed by atoms with Crippen molar-refractivity contribution < 1.29 is 14.3 Å². The summed E-state index contributed by atoms with van der Waals surface area (Å²) in [6, 6.07) is 8.18. The molecule has 0 radical (unpaired) electrons. The van der Waals surface area contributed by atoms with Crippen LogP contribution < -0.4 is 0 Å². The molecule has 0 amide bonds. The van der Waals surface area contributed by atoms with E-state index in [1.807, 2.05) is 11.9 Å². The van der Waals surface area contributed by atoms with E-state index in [2.05, 4.69) is 4.98 Å². The number of aromatic carboxylic acids is 1. The van der Waals surface area contributed by atoms with Gasteiger partial charge in [0.2, 0.25) is 0 Å². The van der Waals surface area contributed by atoms with Gasteiger partial charge in [0.05, 0.1) is 11.8 Å². The van der Waals surface area contributed by atoms with Crippen molar-refractivity contribution in [2.24, 2.45) is 0 Å². The summed E-state index contributed by atoms with van der Waals surface area (Å²) in [5.41, 5.74) is 2.07. The van der Waals surface area contributed by atoms with Gasteiger partial charge in [-0.15, -0.1) is 0 Å². The molecule has 1 aromatic heterocycles. The molecule has 0 aliphatic rings. The number of hydrogen-bond acceptors (Lipinski definition) is 3. The second-order valence-corrected chi connectivity index (χ2v) is 4.69. The molecule has 2 rings (SSSR count). The SMILES string of the molecule is CN(Cc1ccc(C(=O)O)cc1)Cc1cncc(F)c1. The van der Waals surface area contributed by atoms with E-state index in [0.29, 0.717) is 13.1 Å². The van der Waals surface area contributed by atoms with Crippen LogP contribution in [0.2, 0.25) is 0 Å². The molecule has 1 heterocycles. The smallest absolute Gasteiger partial charge is 0.335 e. The third-order valence-electron chi connectivity index (χ3n) is 2.87. The molecule has 0 aliphatic carbocycles. The Labute approximate surface area is 116 Å². The number of carboxylic acid groups (broad SMARTS) is 1. The maximum absolute atomic E-state index is 13.0. The number of pyridine rings is 1. The van der Waals surface area contributed by atoms with Crippen LogP contribution in [0.1, 0.15) is 21.5 Å². The van der Waals surface area contributed by atoms with Crippen LogP contribution in [0.4, 0.5) is 4.39 Å². The maximum atomic E-state index is 13.0. The Kier molecular flexibility index (Phi) is 4.42. The lowest BCUT2D eigenvalue weighted by molar-refractivity contribution is 0.0697. The topological polar surface area (TPSA) is 53.4 Å². The second-order valence-electron chi connectivity index (χ2n) is 4.69. The highest BCUT2D eigenvalue weighted by molar-refractivity contribution is 5.87. The number of nitrogens with zero attached hydrogens (tertiary/aromatic N) is 2. The van der Waals surface area contributed by atoms with E-state index in [0.717, 1.165) is 11.1 Å². The fourth-order valence-electron chi connectivity index (χ4n) is 1.97. The van der Waals surface area contributed by atoms with E-state index >= 15 is 0 Å². The van der Waals surface area contributed by atoms with Gasteiger partial charge in [0.25, 0.3) is 0 Å². The number of rotatable bonds is 5. The van der Waals surface area contributed by atoms with Gasteiger partial charge in [-0.3, -0.25) is 9.88 Å². The summed E-state index contributed by atoms with van der Waals surface area (Å²) >= 11 is 0. The van der Waals surface area contributed by atoms with E-state index < -0.39 is 5.97 Å². The highest BCUT2D eigenvalue weighted by Gasteiger charge is 2.05. The van der Waals surface area contributed by atoms with E-state index in [4.69, 9.17) is 5.11 Å². The van der Waals surface area contributed by atoms with Crippen molar-refractivity contribution in [2.45, 2.75) is 13.1 Å². The maximum Gasteiger partial charge on any atom is 0.335 e. The number of benzene rings is 1. The predicted octanol–water partition coefficient (Wildman–Crippen LogP) is 2.55. The zero-order chi connectivity index (χ0) is 14.5. The Bertz CT molecular complexity index is 599. The number of aromatic nitrogens is 1. The van der Waals surface area contributed by atoms with Crippen molar-refractivity contribution in [3.63, 3.8) is 0 Å². The summed E-state index contributed by atoms with van der Waals surface area (Å²) in [4.78, 5) is 16.6. The van der Waals surface area contributed by atoms with Crippen LogP contribution in [-0.2, 0) is 13.1 Å². The molecular formula is C15H15FN2O2. The molecule has 0 atom stereocenters. The molecule has 4 nitrogen and oxygen atoms in total. The predicted molar refractivity (Wildman–Crippen MR) is 72.8 cm³/mol. The molecule has 0 saturated carbocycles. The van der Waals surface area contributed by atoms with Gasteiger partial charge >= 0.3 is 5.97 Å². The highest BCUT2D eigenvalue weighted by atomic mass is 19.1.